The van der Waals surface area contributed by atoms with E-state index < -0.39 is 6.10 Å². The third-order valence-electron chi connectivity index (χ3n) is 3.15. The van der Waals surface area contributed by atoms with Crippen molar-refractivity contribution in [2.45, 2.75) is 19.1 Å². The number of nitrogens with zero attached hydrogens (tertiary/aromatic N) is 1. The molecule has 4 nitrogen and oxygen atoms in total. The van der Waals surface area contributed by atoms with Crippen molar-refractivity contribution in [2.24, 2.45) is 0 Å². The van der Waals surface area contributed by atoms with Crippen LogP contribution in [0.1, 0.15) is 6.92 Å². The van der Waals surface area contributed by atoms with E-state index in [9.17, 15) is 4.79 Å². The van der Waals surface area contributed by atoms with Crippen molar-refractivity contribution in [3.05, 3.63) is 29.3 Å². The molecule has 2 rings (SSSR count). The summed E-state index contributed by atoms with van der Waals surface area (Å²) >= 11 is 11.8. The number of rotatable bonds is 4. The van der Waals surface area contributed by atoms with Crippen LogP contribution in [0.3, 0.4) is 0 Å². The molecule has 0 bridgehead atoms. The van der Waals surface area contributed by atoms with Gasteiger partial charge >= 0.3 is 0 Å². The molecular formula is C14H17Cl2NO3. The monoisotopic (exact) mass is 317 g/mol. The normalized spacial score (nSPS) is 20.6. The van der Waals surface area contributed by atoms with Crippen LogP contribution in [0.5, 0.6) is 5.75 Å². The Labute approximate surface area is 128 Å². The van der Waals surface area contributed by atoms with E-state index in [-0.39, 0.29) is 11.9 Å². The van der Waals surface area contributed by atoms with Crippen LogP contribution in [0, 0.1) is 0 Å². The van der Waals surface area contributed by atoms with E-state index in [0.29, 0.717) is 36.4 Å². The van der Waals surface area contributed by atoms with Gasteiger partial charge in [0, 0.05) is 17.4 Å². The number of morpholine rings is 1. The van der Waals surface area contributed by atoms with Crippen molar-refractivity contribution < 1.29 is 14.3 Å². The molecule has 1 amide bonds. The van der Waals surface area contributed by atoms with Crippen molar-refractivity contribution in [1.82, 2.24) is 4.90 Å². The summed E-state index contributed by atoms with van der Waals surface area (Å²) < 4.78 is 11.0. The van der Waals surface area contributed by atoms with Gasteiger partial charge in [-0.05, 0) is 25.1 Å². The van der Waals surface area contributed by atoms with Gasteiger partial charge in [-0.25, -0.2) is 0 Å². The van der Waals surface area contributed by atoms with E-state index in [1.807, 2.05) is 0 Å². The second kappa shape index (κ2) is 7.16. The van der Waals surface area contributed by atoms with Crippen LogP contribution in [0.4, 0.5) is 0 Å². The van der Waals surface area contributed by atoms with E-state index >= 15 is 0 Å². The Morgan fingerprint density at radius 1 is 1.60 bits per heavy atom. The molecule has 1 heterocycles. The summed E-state index contributed by atoms with van der Waals surface area (Å²) in [6.45, 7) is 3.27. The van der Waals surface area contributed by atoms with Gasteiger partial charge in [0.1, 0.15) is 5.75 Å². The Balaban J connectivity index is 2.00. The van der Waals surface area contributed by atoms with E-state index in [4.69, 9.17) is 32.7 Å². The third kappa shape index (κ3) is 3.78. The van der Waals surface area contributed by atoms with Gasteiger partial charge in [0.15, 0.2) is 6.10 Å². The molecule has 1 aromatic rings. The first-order valence-corrected chi connectivity index (χ1v) is 7.39. The largest absolute Gasteiger partial charge is 0.481 e. The Morgan fingerprint density at radius 2 is 2.40 bits per heavy atom. The minimum absolute atomic E-state index is 0.0843. The average molecular weight is 318 g/mol. The van der Waals surface area contributed by atoms with Crippen LogP contribution in [0.25, 0.3) is 0 Å². The standard InChI is InChI=1S/C14H17Cl2NO3/c1-10(20-13-4-2-3-11(16)7-13)14(18)17-5-6-19-9-12(17)8-15/h2-4,7,10,12H,5-6,8-9H2,1H3. The first-order chi connectivity index (χ1) is 9.61. The molecule has 2 unspecified atom stereocenters. The zero-order valence-electron chi connectivity index (χ0n) is 11.2. The number of halogens is 2. The topological polar surface area (TPSA) is 38.8 Å². The lowest BCUT2D eigenvalue weighted by atomic mass is 10.2. The Kier molecular flexibility index (Phi) is 5.52. The number of amides is 1. The lowest BCUT2D eigenvalue weighted by Crippen LogP contribution is -2.53. The molecular weight excluding hydrogens is 301 g/mol. The predicted octanol–water partition coefficient (Wildman–Crippen LogP) is 2.57. The molecule has 1 fully saturated rings. The molecule has 0 saturated carbocycles. The minimum atomic E-state index is -0.586. The molecule has 1 aliphatic heterocycles. The number of hydrogen-bond acceptors (Lipinski definition) is 3. The molecule has 110 valence electrons. The molecule has 0 N–H and O–H groups in total. The van der Waals surface area contributed by atoms with Gasteiger partial charge in [0.25, 0.3) is 5.91 Å². The molecule has 0 aromatic heterocycles. The van der Waals surface area contributed by atoms with Crippen LogP contribution in [0.15, 0.2) is 24.3 Å². The summed E-state index contributed by atoms with van der Waals surface area (Å²) in [5.74, 6) is 0.850. The van der Waals surface area contributed by atoms with Crippen molar-refractivity contribution in [2.75, 3.05) is 25.6 Å². The summed E-state index contributed by atoms with van der Waals surface area (Å²) in [6, 6.07) is 6.90. The molecule has 0 radical (unpaired) electrons. The maximum Gasteiger partial charge on any atom is 0.263 e. The summed E-state index contributed by atoms with van der Waals surface area (Å²) in [5.41, 5.74) is 0. The van der Waals surface area contributed by atoms with Gasteiger partial charge < -0.3 is 14.4 Å². The van der Waals surface area contributed by atoms with Crippen LogP contribution in [-0.4, -0.2) is 48.6 Å². The van der Waals surface area contributed by atoms with E-state index in [2.05, 4.69) is 0 Å². The van der Waals surface area contributed by atoms with Crippen LogP contribution in [0.2, 0.25) is 5.02 Å². The number of carbonyl (C=O) groups is 1. The van der Waals surface area contributed by atoms with Gasteiger partial charge in [0.05, 0.1) is 19.3 Å². The highest BCUT2D eigenvalue weighted by Crippen LogP contribution is 2.19. The van der Waals surface area contributed by atoms with Crippen LogP contribution < -0.4 is 4.74 Å². The lowest BCUT2D eigenvalue weighted by Gasteiger charge is -2.35. The smallest absolute Gasteiger partial charge is 0.263 e. The van der Waals surface area contributed by atoms with E-state index in [0.717, 1.165) is 0 Å². The molecule has 1 aliphatic rings. The first kappa shape index (κ1) is 15.4. The Hall–Kier alpha value is -0.970. The average Bonchev–Trinajstić information content (AvgIpc) is 2.46. The van der Waals surface area contributed by atoms with Crippen molar-refractivity contribution >= 4 is 29.1 Å². The summed E-state index contributed by atoms with van der Waals surface area (Å²) in [7, 11) is 0. The van der Waals surface area contributed by atoms with Crippen LogP contribution >= 0.6 is 23.2 Å². The fourth-order valence-corrected chi connectivity index (χ4v) is 2.54. The number of ether oxygens (including phenoxy) is 2. The van der Waals surface area contributed by atoms with Crippen LogP contribution in [-0.2, 0) is 9.53 Å². The fourth-order valence-electron chi connectivity index (χ4n) is 2.10. The zero-order chi connectivity index (χ0) is 14.5. The molecule has 2 atom stereocenters. The van der Waals surface area contributed by atoms with Crippen molar-refractivity contribution in [1.29, 1.82) is 0 Å². The number of benzene rings is 1. The number of hydrogen-bond donors (Lipinski definition) is 0. The SMILES string of the molecule is CC(Oc1cccc(Cl)c1)C(=O)N1CCOCC1CCl. The van der Waals surface area contributed by atoms with Gasteiger partial charge in [0.2, 0.25) is 0 Å². The highest BCUT2D eigenvalue weighted by Gasteiger charge is 2.30. The fraction of sp³-hybridized carbons (Fsp3) is 0.500. The third-order valence-corrected chi connectivity index (χ3v) is 3.74. The summed E-state index contributed by atoms with van der Waals surface area (Å²) in [5, 5.41) is 0.576. The van der Waals surface area contributed by atoms with Crippen molar-refractivity contribution in [3.63, 3.8) is 0 Å². The van der Waals surface area contributed by atoms with Gasteiger partial charge in [-0.15, -0.1) is 11.6 Å². The first-order valence-electron chi connectivity index (χ1n) is 6.48. The van der Waals surface area contributed by atoms with Gasteiger partial charge in [-0.3, -0.25) is 4.79 Å². The lowest BCUT2D eigenvalue weighted by molar-refractivity contribution is -0.145. The van der Waals surface area contributed by atoms with Gasteiger partial charge in [-0.2, -0.15) is 0 Å². The summed E-state index contributed by atoms with van der Waals surface area (Å²) in [4.78, 5) is 14.1. The van der Waals surface area contributed by atoms with Gasteiger partial charge in [-0.1, -0.05) is 17.7 Å². The van der Waals surface area contributed by atoms with Crippen molar-refractivity contribution in [3.8, 4) is 5.75 Å². The molecule has 0 spiro atoms. The number of alkyl halides is 1. The molecule has 1 aromatic carbocycles. The maximum absolute atomic E-state index is 12.4. The molecule has 1 saturated heterocycles. The molecule has 6 heteroatoms. The second-order valence-corrected chi connectivity index (χ2v) is 5.38. The maximum atomic E-state index is 12.4. The minimum Gasteiger partial charge on any atom is -0.481 e. The predicted molar refractivity (Wildman–Crippen MR) is 78.6 cm³/mol. The summed E-state index contributed by atoms with van der Waals surface area (Å²) in [6.07, 6.45) is -0.586. The molecule has 0 aliphatic carbocycles. The molecule has 20 heavy (non-hydrogen) atoms. The quantitative estimate of drug-likeness (QED) is 0.801. The second-order valence-electron chi connectivity index (χ2n) is 4.63. The Morgan fingerprint density at radius 3 is 3.10 bits per heavy atom. The highest BCUT2D eigenvalue weighted by molar-refractivity contribution is 6.30. The highest BCUT2D eigenvalue weighted by atomic mass is 35.5. The number of carbonyl (C=O) groups excluding carboxylic acids is 1. The Bertz CT molecular complexity index is 469. The zero-order valence-corrected chi connectivity index (χ0v) is 12.7. The van der Waals surface area contributed by atoms with E-state index in [1.54, 1.807) is 36.1 Å². The van der Waals surface area contributed by atoms with E-state index in [1.165, 1.54) is 0 Å².